The summed E-state index contributed by atoms with van der Waals surface area (Å²) in [7, 11) is 1.53. The molecule has 2 heterocycles. The number of amides is 1. The fourth-order valence-electron chi connectivity index (χ4n) is 4.44. The zero-order chi connectivity index (χ0) is 25.5. The molecule has 0 bridgehead atoms. The number of carbonyl (C=O) groups excluding carboxylic acids is 2. The number of pyridine rings is 1. The van der Waals surface area contributed by atoms with Crippen LogP contribution in [0.4, 0.5) is 4.39 Å². The first-order valence-electron chi connectivity index (χ1n) is 11.6. The number of hydrogen-bond donors (Lipinski definition) is 0. The second-order valence-electron chi connectivity index (χ2n) is 9.10. The largest absolute Gasteiger partial charge is 0.483 e. The minimum absolute atomic E-state index is 0.0408. The highest BCUT2D eigenvalue weighted by Gasteiger charge is 2.26. The van der Waals surface area contributed by atoms with Gasteiger partial charge in [-0.15, -0.1) is 0 Å². The van der Waals surface area contributed by atoms with Gasteiger partial charge in [-0.25, -0.2) is 4.39 Å². The highest BCUT2D eigenvalue weighted by Crippen LogP contribution is 2.25. The predicted octanol–water partition coefficient (Wildman–Crippen LogP) is 3.01. The molecule has 0 spiro atoms. The second-order valence-corrected chi connectivity index (χ2v) is 9.10. The van der Waals surface area contributed by atoms with E-state index in [0.29, 0.717) is 38.0 Å². The van der Waals surface area contributed by atoms with Crippen LogP contribution >= 0.6 is 0 Å². The Labute approximate surface area is 203 Å². The van der Waals surface area contributed by atoms with Gasteiger partial charge in [-0.05, 0) is 48.9 Å². The molecule has 1 aromatic heterocycles. The summed E-state index contributed by atoms with van der Waals surface area (Å²) in [6.07, 6.45) is 2.90. The van der Waals surface area contributed by atoms with Crippen LogP contribution in [-0.2, 0) is 16.1 Å². The fraction of sp³-hybridized carbons (Fsp3) is 0.462. The monoisotopic (exact) mass is 483 g/mol. The number of hydrogen-bond acceptors (Lipinski definition) is 6. The van der Waals surface area contributed by atoms with Gasteiger partial charge in [0.15, 0.2) is 12.4 Å². The summed E-state index contributed by atoms with van der Waals surface area (Å²) < 4.78 is 26.0. The lowest BCUT2D eigenvalue weighted by Crippen LogP contribution is -2.44. The number of nitrogens with zero attached hydrogens (tertiary/aromatic N) is 3. The van der Waals surface area contributed by atoms with Gasteiger partial charge in [-0.1, -0.05) is 13.8 Å². The van der Waals surface area contributed by atoms with Crippen LogP contribution in [0.15, 0.2) is 35.3 Å². The van der Waals surface area contributed by atoms with Gasteiger partial charge >= 0.3 is 0 Å². The smallest absolute Gasteiger partial charge is 0.268 e. The number of ether oxygens (including phenoxy) is 2. The van der Waals surface area contributed by atoms with E-state index < -0.39 is 17.2 Å². The highest BCUT2D eigenvalue weighted by molar-refractivity contribution is 6.10. The van der Waals surface area contributed by atoms with Gasteiger partial charge in [0.1, 0.15) is 23.2 Å². The van der Waals surface area contributed by atoms with Crippen molar-refractivity contribution in [1.29, 1.82) is 5.26 Å². The maximum Gasteiger partial charge on any atom is 0.268 e. The Bertz CT molecular complexity index is 1180. The minimum Gasteiger partial charge on any atom is -0.483 e. The number of rotatable bonds is 9. The Morgan fingerprint density at radius 2 is 1.91 bits per heavy atom. The molecule has 8 nitrogen and oxygen atoms in total. The van der Waals surface area contributed by atoms with E-state index in [9.17, 15) is 24.0 Å². The van der Waals surface area contributed by atoms with Gasteiger partial charge in [0.25, 0.3) is 11.5 Å². The van der Waals surface area contributed by atoms with E-state index in [1.165, 1.54) is 30.0 Å². The number of nitriles is 1. The zero-order valence-corrected chi connectivity index (χ0v) is 20.3. The van der Waals surface area contributed by atoms with Gasteiger partial charge in [0.2, 0.25) is 0 Å². The standard InChI is InChI=1S/C26H30FN3O5/c1-17-9-18(2)14-30(13-17)24(31)16-35-23-6-5-21(27)11-22(23)25(32)20-10-19(12-28)26(33)29(15-20)7-4-8-34-3/h5-6,10-11,15,17-18H,4,7-9,13-14,16H2,1-3H3. The zero-order valence-electron chi connectivity index (χ0n) is 20.3. The number of likely N-dealkylation sites (tertiary alicyclic amines) is 1. The first-order chi connectivity index (χ1) is 16.7. The number of methoxy groups -OCH3 is 1. The molecular formula is C26H30FN3O5. The van der Waals surface area contributed by atoms with E-state index >= 15 is 0 Å². The molecule has 1 aliphatic heterocycles. The summed E-state index contributed by atoms with van der Waals surface area (Å²) in [5.41, 5.74) is -0.773. The summed E-state index contributed by atoms with van der Waals surface area (Å²) in [5.74, 6) is -0.647. The van der Waals surface area contributed by atoms with E-state index in [2.05, 4.69) is 13.8 Å². The van der Waals surface area contributed by atoms with E-state index in [1.54, 1.807) is 4.90 Å². The molecule has 0 saturated carbocycles. The van der Waals surface area contributed by atoms with Crippen molar-refractivity contribution in [2.45, 2.75) is 33.2 Å². The molecule has 0 N–H and O–H groups in total. The van der Waals surface area contributed by atoms with Gasteiger partial charge in [-0.3, -0.25) is 14.4 Å². The average Bonchev–Trinajstić information content (AvgIpc) is 2.83. The fourth-order valence-corrected chi connectivity index (χ4v) is 4.44. The van der Waals surface area contributed by atoms with E-state index in [1.807, 2.05) is 6.07 Å². The molecular weight excluding hydrogens is 453 g/mol. The Morgan fingerprint density at radius 3 is 2.57 bits per heavy atom. The summed E-state index contributed by atoms with van der Waals surface area (Å²) in [6.45, 7) is 5.83. The number of carbonyl (C=O) groups is 2. The third-order valence-corrected chi connectivity index (χ3v) is 5.98. The quantitative estimate of drug-likeness (QED) is 0.401. The molecule has 0 radical (unpaired) electrons. The lowest BCUT2D eigenvalue weighted by Gasteiger charge is -2.34. The minimum atomic E-state index is -0.653. The number of benzene rings is 1. The van der Waals surface area contributed by atoms with Crippen molar-refractivity contribution in [3.63, 3.8) is 0 Å². The molecule has 35 heavy (non-hydrogen) atoms. The average molecular weight is 484 g/mol. The van der Waals surface area contributed by atoms with E-state index in [0.717, 1.165) is 18.6 Å². The third-order valence-electron chi connectivity index (χ3n) is 5.98. The second kappa shape index (κ2) is 11.8. The normalized spacial score (nSPS) is 17.6. The molecule has 186 valence electrons. The van der Waals surface area contributed by atoms with Crippen molar-refractivity contribution in [3.8, 4) is 11.8 Å². The van der Waals surface area contributed by atoms with Crippen LogP contribution in [0.3, 0.4) is 0 Å². The third kappa shape index (κ3) is 6.55. The summed E-state index contributed by atoms with van der Waals surface area (Å²) >= 11 is 0. The van der Waals surface area contributed by atoms with Crippen LogP contribution in [0.5, 0.6) is 5.75 Å². The molecule has 0 aliphatic carbocycles. The lowest BCUT2D eigenvalue weighted by atomic mass is 9.92. The Kier molecular flexibility index (Phi) is 8.77. The van der Waals surface area contributed by atoms with Crippen LogP contribution in [0.1, 0.15) is 48.2 Å². The predicted molar refractivity (Wildman–Crippen MR) is 127 cm³/mol. The van der Waals surface area contributed by atoms with E-state index in [-0.39, 0.29) is 41.5 Å². The Hall–Kier alpha value is -3.51. The van der Waals surface area contributed by atoms with Crippen molar-refractivity contribution in [3.05, 3.63) is 63.3 Å². The number of aryl methyl sites for hydroxylation is 1. The Balaban J connectivity index is 1.85. The first kappa shape index (κ1) is 26.1. The van der Waals surface area contributed by atoms with Gasteiger partial charge in [0, 0.05) is 45.1 Å². The van der Waals surface area contributed by atoms with Crippen LogP contribution in [0.25, 0.3) is 0 Å². The summed E-state index contributed by atoms with van der Waals surface area (Å²) in [6, 6.07) is 6.48. The molecule has 1 amide bonds. The van der Waals surface area contributed by atoms with Crippen LogP contribution in [0, 0.1) is 29.0 Å². The molecule has 9 heteroatoms. The lowest BCUT2D eigenvalue weighted by molar-refractivity contribution is -0.136. The van der Waals surface area contributed by atoms with Crippen molar-refractivity contribution in [2.75, 3.05) is 33.4 Å². The molecule has 2 unspecified atom stereocenters. The van der Waals surface area contributed by atoms with Crippen molar-refractivity contribution in [1.82, 2.24) is 9.47 Å². The molecule has 2 atom stereocenters. The van der Waals surface area contributed by atoms with Crippen molar-refractivity contribution < 1.29 is 23.5 Å². The van der Waals surface area contributed by atoms with E-state index in [4.69, 9.17) is 9.47 Å². The summed E-state index contributed by atoms with van der Waals surface area (Å²) in [5, 5.41) is 9.37. The SMILES string of the molecule is COCCCn1cc(C(=O)c2cc(F)ccc2OCC(=O)N2CC(C)CC(C)C2)cc(C#N)c1=O. The van der Waals surface area contributed by atoms with Crippen LogP contribution in [0.2, 0.25) is 0 Å². The maximum atomic E-state index is 14.1. The number of ketones is 1. The molecule has 3 rings (SSSR count). The van der Waals surface area contributed by atoms with Gasteiger partial charge < -0.3 is 18.9 Å². The number of aromatic nitrogens is 1. The molecule has 1 aromatic carbocycles. The van der Waals surface area contributed by atoms with Gasteiger partial charge in [-0.2, -0.15) is 5.26 Å². The molecule has 1 fully saturated rings. The van der Waals surface area contributed by atoms with Crippen LogP contribution < -0.4 is 10.3 Å². The van der Waals surface area contributed by atoms with Crippen molar-refractivity contribution >= 4 is 11.7 Å². The van der Waals surface area contributed by atoms with Gasteiger partial charge in [0.05, 0.1) is 5.56 Å². The number of halogens is 1. The highest BCUT2D eigenvalue weighted by atomic mass is 19.1. The topological polar surface area (TPSA) is 102 Å². The maximum absolute atomic E-state index is 14.1. The molecule has 1 saturated heterocycles. The first-order valence-corrected chi connectivity index (χ1v) is 11.6. The molecule has 1 aliphatic rings. The van der Waals surface area contributed by atoms with Crippen LogP contribution in [-0.4, -0.2) is 54.6 Å². The summed E-state index contributed by atoms with van der Waals surface area (Å²) in [4.78, 5) is 40.3. The van der Waals surface area contributed by atoms with Crippen molar-refractivity contribution in [2.24, 2.45) is 11.8 Å². The Morgan fingerprint density at radius 1 is 1.20 bits per heavy atom. The number of piperidine rings is 1. The molecule has 2 aromatic rings.